The van der Waals surface area contributed by atoms with Gasteiger partial charge in [0.1, 0.15) is 5.75 Å². The minimum atomic E-state index is 0. The van der Waals surface area contributed by atoms with Crippen LogP contribution in [0.1, 0.15) is 50.4 Å². The molecule has 1 N–H and O–H groups in total. The van der Waals surface area contributed by atoms with E-state index in [0.29, 0.717) is 12.5 Å². The van der Waals surface area contributed by atoms with E-state index >= 15 is 0 Å². The Morgan fingerprint density at radius 1 is 1.29 bits per heavy atom. The van der Waals surface area contributed by atoms with Crippen molar-refractivity contribution >= 4 is 29.9 Å². The fraction of sp³-hybridized carbons (Fsp3) is 0.550. The highest BCUT2D eigenvalue weighted by Crippen LogP contribution is 2.13. The lowest BCUT2D eigenvalue weighted by Crippen LogP contribution is -2.39. The van der Waals surface area contributed by atoms with E-state index in [1.54, 1.807) is 7.05 Å². The van der Waals surface area contributed by atoms with Gasteiger partial charge in [-0.1, -0.05) is 31.1 Å². The Labute approximate surface area is 185 Å². The van der Waals surface area contributed by atoms with Crippen LogP contribution in [0.5, 0.6) is 5.75 Å². The molecule has 0 bridgehead atoms. The van der Waals surface area contributed by atoms with Crippen LogP contribution in [0.2, 0.25) is 0 Å². The normalized spacial score (nSPS) is 11.3. The van der Waals surface area contributed by atoms with Gasteiger partial charge in [-0.3, -0.25) is 4.99 Å². The van der Waals surface area contributed by atoms with Gasteiger partial charge >= 0.3 is 0 Å². The zero-order valence-electron chi connectivity index (χ0n) is 17.4. The Morgan fingerprint density at radius 3 is 2.57 bits per heavy atom. The summed E-state index contributed by atoms with van der Waals surface area (Å²) in [7, 11) is 3.82. The third-order valence-corrected chi connectivity index (χ3v) is 4.08. The van der Waals surface area contributed by atoms with Crippen LogP contribution in [0, 0.1) is 0 Å². The second kappa shape index (κ2) is 12.6. The summed E-state index contributed by atoms with van der Waals surface area (Å²) in [5.74, 6) is 3.50. The molecular weight excluding hydrogens is 469 g/mol. The second-order valence-corrected chi connectivity index (χ2v) is 6.71. The topological polar surface area (TPSA) is 75.8 Å². The number of guanidine groups is 1. The molecule has 2 rings (SSSR count). The van der Waals surface area contributed by atoms with E-state index in [2.05, 4.69) is 51.3 Å². The molecule has 0 atom stereocenters. The first-order valence-electron chi connectivity index (χ1n) is 9.49. The van der Waals surface area contributed by atoms with Gasteiger partial charge in [0.15, 0.2) is 11.8 Å². The number of aliphatic imine (C=N–C) groups is 1. The third-order valence-electron chi connectivity index (χ3n) is 4.08. The Balaban J connectivity index is 0.00000392. The molecular formula is C20H32IN5O2. The van der Waals surface area contributed by atoms with E-state index in [1.807, 2.05) is 26.1 Å². The molecule has 1 aromatic heterocycles. The van der Waals surface area contributed by atoms with Gasteiger partial charge in [0.05, 0.1) is 6.61 Å². The number of hydrogen-bond acceptors (Lipinski definition) is 5. The van der Waals surface area contributed by atoms with Crippen molar-refractivity contribution < 1.29 is 9.26 Å². The number of aryl methyl sites for hydroxylation is 1. The minimum absolute atomic E-state index is 0. The average Bonchev–Trinajstić information content (AvgIpc) is 3.13. The van der Waals surface area contributed by atoms with E-state index in [4.69, 9.17) is 9.26 Å². The Morgan fingerprint density at radius 2 is 2.00 bits per heavy atom. The maximum Gasteiger partial charge on any atom is 0.226 e. The van der Waals surface area contributed by atoms with Crippen LogP contribution in [-0.4, -0.2) is 48.2 Å². The summed E-state index contributed by atoms with van der Waals surface area (Å²) < 4.78 is 10.8. The number of aromatic nitrogens is 2. The van der Waals surface area contributed by atoms with Crippen LogP contribution in [0.15, 0.2) is 33.8 Å². The van der Waals surface area contributed by atoms with E-state index < -0.39 is 0 Å². The number of halogens is 1. The second-order valence-electron chi connectivity index (χ2n) is 6.71. The van der Waals surface area contributed by atoms with Gasteiger partial charge in [-0.15, -0.1) is 24.0 Å². The summed E-state index contributed by atoms with van der Waals surface area (Å²) in [6.07, 6.45) is 1.65. The van der Waals surface area contributed by atoms with Gasteiger partial charge in [0.2, 0.25) is 5.89 Å². The Kier molecular flexibility index (Phi) is 10.9. The number of ether oxygens (including phenoxy) is 1. The Bertz CT molecular complexity index is 716. The molecule has 28 heavy (non-hydrogen) atoms. The summed E-state index contributed by atoms with van der Waals surface area (Å²) in [6, 6.07) is 8.16. The van der Waals surface area contributed by atoms with Gasteiger partial charge in [0.25, 0.3) is 0 Å². The lowest BCUT2D eigenvalue weighted by molar-refractivity contribution is 0.340. The number of benzene rings is 1. The van der Waals surface area contributed by atoms with E-state index in [9.17, 15) is 0 Å². The fourth-order valence-corrected chi connectivity index (χ4v) is 2.64. The molecule has 0 saturated carbocycles. The summed E-state index contributed by atoms with van der Waals surface area (Å²) in [5, 5.41) is 7.37. The number of rotatable bonds is 9. The molecule has 2 aromatic rings. The molecule has 156 valence electrons. The maximum atomic E-state index is 5.48. The van der Waals surface area contributed by atoms with Crippen LogP contribution in [0.3, 0.4) is 0 Å². The van der Waals surface area contributed by atoms with Crippen molar-refractivity contribution in [2.75, 3.05) is 27.2 Å². The highest BCUT2D eigenvalue weighted by molar-refractivity contribution is 14.0. The van der Waals surface area contributed by atoms with Gasteiger partial charge < -0.3 is 19.5 Å². The summed E-state index contributed by atoms with van der Waals surface area (Å²) >= 11 is 0. The largest absolute Gasteiger partial charge is 0.494 e. The monoisotopic (exact) mass is 501 g/mol. The summed E-state index contributed by atoms with van der Waals surface area (Å²) in [6.45, 7) is 8.34. The summed E-state index contributed by atoms with van der Waals surface area (Å²) in [5.41, 5.74) is 1.20. The van der Waals surface area contributed by atoms with Crippen LogP contribution in [0.25, 0.3) is 0 Å². The van der Waals surface area contributed by atoms with Crippen molar-refractivity contribution in [2.24, 2.45) is 4.99 Å². The van der Waals surface area contributed by atoms with Crippen molar-refractivity contribution in [3.05, 3.63) is 41.5 Å². The highest BCUT2D eigenvalue weighted by atomic mass is 127. The lowest BCUT2D eigenvalue weighted by Gasteiger charge is -2.22. The molecule has 1 aromatic carbocycles. The predicted molar refractivity (Wildman–Crippen MR) is 123 cm³/mol. The van der Waals surface area contributed by atoms with Crippen LogP contribution in [-0.2, 0) is 13.0 Å². The van der Waals surface area contributed by atoms with Crippen LogP contribution < -0.4 is 10.1 Å². The SMILES string of the molecule is CCOc1ccc(CN(C)C(=NC)NCCCc2nc(C(C)C)no2)cc1.I. The van der Waals surface area contributed by atoms with Gasteiger partial charge in [0, 0.05) is 39.5 Å². The summed E-state index contributed by atoms with van der Waals surface area (Å²) in [4.78, 5) is 10.9. The molecule has 0 spiro atoms. The van der Waals surface area contributed by atoms with Crippen molar-refractivity contribution in [1.82, 2.24) is 20.4 Å². The smallest absolute Gasteiger partial charge is 0.226 e. The van der Waals surface area contributed by atoms with E-state index in [-0.39, 0.29) is 29.9 Å². The van der Waals surface area contributed by atoms with E-state index in [0.717, 1.165) is 43.5 Å². The van der Waals surface area contributed by atoms with Gasteiger partial charge in [-0.2, -0.15) is 4.98 Å². The first-order valence-corrected chi connectivity index (χ1v) is 9.49. The van der Waals surface area contributed by atoms with Gasteiger partial charge in [-0.05, 0) is 31.0 Å². The first-order chi connectivity index (χ1) is 13.0. The molecule has 0 fully saturated rings. The molecule has 7 nitrogen and oxygen atoms in total. The van der Waals surface area contributed by atoms with Crippen molar-refractivity contribution in [3.63, 3.8) is 0 Å². The molecule has 0 saturated heterocycles. The Hall–Kier alpha value is -1.84. The molecule has 0 aliphatic rings. The molecule has 1 heterocycles. The maximum absolute atomic E-state index is 5.48. The van der Waals surface area contributed by atoms with Crippen molar-refractivity contribution in [2.45, 2.75) is 46.1 Å². The minimum Gasteiger partial charge on any atom is -0.494 e. The molecule has 0 aliphatic carbocycles. The van der Waals surface area contributed by atoms with Gasteiger partial charge in [-0.25, -0.2) is 0 Å². The van der Waals surface area contributed by atoms with Crippen molar-refractivity contribution in [3.8, 4) is 5.75 Å². The third kappa shape index (κ3) is 7.65. The van der Waals surface area contributed by atoms with Crippen LogP contribution >= 0.6 is 24.0 Å². The predicted octanol–water partition coefficient (Wildman–Crippen LogP) is 3.85. The van der Waals surface area contributed by atoms with Crippen molar-refractivity contribution in [1.29, 1.82) is 0 Å². The standard InChI is InChI=1S/C20H31N5O2.HI/c1-6-26-17-11-9-16(10-12-17)14-25(5)20(21-4)22-13-7-8-18-23-19(15(2)3)24-27-18;/h9-12,15H,6-8,13-14H2,1-5H3,(H,21,22);1H. The molecule has 0 aliphatic heterocycles. The number of hydrogen-bond donors (Lipinski definition) is 1. The van der Waals surface area contributed by atoms with Crippen LogP contribution in [0.4, 0.5) is 0 Å². The first kappa shape index (κ1) is 24.2. The molecule has 0 amide bonds. The zero-order valence-corrected chi connectivity index (χ0v) is 19.8. The lowest BCUT2D eigenvalue weighted by atomic mass is 10.2. The fourth-order valence-electron chi connectivity index (χ4n) is 2.64. The highest BCUT2D eigenvalue weighted by Gasteiger charge is 2.10. The van der Waals surface area contributed by atoms with E-state index in [1.165, 1.54) is 5.56 Å². The number of nitrogens with one attached hydrogen (secondary N) is 1. The molecule has 0 unspecified atom stereocenters. The quantitative estimate of drug-likeness (QED) is 0.244. The number of nitrogens with zero attached hydrogens (tertiary/aromatic N) is 4. The molecule has 0 radical (unpaired) electrons. The zero-order chi connectivity index (χ0) is 19.6. The molecule has 8 heteroatoms. The average molecular weight is 501 g/mol.